The molecule has 3 aromatic carbocycles. The monoisotopic (exact) mass is 684 g/mol. The van der Waals surface area contributed by atoms with E-state index in [1.807, 2.05) is 35.2 Å². The first-order valence-corrected chi connectivity index (χ1v) is 16.6. The Morgan fingerprint density at radius 1 is 0.880 bits per heavy atom. The van der Waals surface area contributed by atoms with E-state index in [1.165, 1.54) is 13.2 Å². The molecule has 4 aromatic rings. The van der Waals surface area contributed by atoms with Gasteiger partial charge in [-0.15, -0.1) is 0 Å². The Labute approximate surface area is 288 Å². The fourth-order valence-corrected chi connectivity index (χ4v) is 6.78. The Kier molecular flexibility index (Phi) is 9.59. The number of likely N-dealkylation sites (tertiary alicyclic amines) is 1. The molecule has 3 aliphatic rings. The van der Waals surface area contributed by atoms with Crippen LogP contribution in [0.4, 0.5) is 20.3 Å². The molecular weight excluding hydrogens is 646 g/mol. The van der Waals surface area contributed by atoms with Crippen molar-refractivity contribution in [2.45, 2.75) is 25.4 Å². The average molecular weight is 685 g/mol. The van der Waals surface area contributed by atoms with Crippen molar-refractivity contribution in [2.75, 3.05) is 65.5 Å². The van der Waals surface area contributed by atoms with Crippen LogP contribution >= 0.6 is 0 Å². The van der Waals surface area contributed by atoms with Crippen LogP contribution in [-0.2, 0) is 22.6 Å². The molecule has 13 heteroatoms. The first-order valence-electron chi connectivity index (χ1n) is 16.6. The van der Waals surface area contributed by atoms with Gasteiger partial charge in [-0.25, -0.2) is 18.7 Å². The van der Waals surface area contributed by atoms with Gasteiger partial charge in [0.15, 0.2) is 5.82 Å². The van der Waals surface area contributed by atoms with Gasteiger partial charge in [0.2, 0.25) is 5.91 Å². The van der Waals surface area contributed by atoms with E-state index >= 15 is 0 Å². The van der Waals surface area contributed by atoms with Gasteiger partial charge in [-0.2, -0.15) is 0 Å². The molecule has 2 fully saturated rings. The second-order valence-corrected chi connectivity index (χ2v) is 12.5. The highest BCUT2D eigenvalue weighted by Crippen LogP contribution is 2.36. The average Bonchev–Trinajstić information content (AvgIpc) is 3.66. The number of benzene rings is 3. The molecule has 4 heterocycles. The molecule has 1 unspecified atom stereocenters. The lowest BCUT2D eigenvalue weighted by atomic mass is 9.97. The Morgan fingerprint density at radius 2 is 1.64 bits per heavy atom. The van der Waals surface area contributed by atoms with E-state index in [1.54, 1.807) is 24.1 Å². The van der Waals surface area contributed by atoms with E-state index < -0.39 is 11.6 Å². The van der Waals surface area contributed by atoms with Crippen LogP contribution in [0.3, 0.4) is 0 Å². The van der Waals surface area contributed by atoms with Gasteiger partial charge in [0.25, 0.3) is 5.91 Å². The van der Waals surface area contributed by atoms with Crippen LogP contribution in [-0.4, -0.2) is 96.6 Å². The predicted octanol–water partition coefficient (Wildman–Crippen LogP) is 4.99. The number of anilines is 2. The highest BCUT2D eigenvalue weighted by molar-refractivity contribution is 6.03. The maximum absolute atomic E-state index is 14.9. The molecule has 11 nitrogen and oxygen atoms in total. The van der Waals surface area contributed by atoms with Crippen molar-refractivity contribution < 1.29 is 32.6 Å². The number of carbonyl (C=O) groups is 2. The molecular formula is C37H38F2N6O5. The topological polar surface area (TPSA) is 109 Å². The van der Waals surface area contributed by atoms with Gasteiger partial charge in [-0.3, -0.25) is 14.5 Å². The molecule has 3 aliphatic heterocycles. The molecule has 1 N–H and O–H groups in total. The number of halogens is 2. The van der Waals surface area contributed by atoms with E-state index in [2.05, 4.69) is 20.2 Å². The lowest BCUT2D eigenvalue weighted by molar-refractivity contribution is -0.129. The number of hydrogen-bond donors (Lipinski definition) is 1. The Morgan fingerprint density at radius 3 is 2.36 bits per heavy atom. The zero-order valence-electron chi connectivity index (χ0n) is 28.0. The van der Waals surface area contributed by atoms with Crippen molar-refractivity contribution in [1.82, 2.24) is 24.7 Å². The van der Waals surface area contributed by atoms with Gasteiger partial charge in [-0.1, -0.05) is 18.2 Å². The summed E-state index contributed by atoms with van der Waals surface area (Å²) in [6.07, 6.45) is 0.731. The molecule has 0 radical (unpaired) electrons. The van der Waals surface area contributed by atoms with Crippen LogP contribution < -0.4 is 14.8 Å². The predicted molar refractivity (Wildman–Crippen MR) is 181 cm³/mol. The largest absolute Gasteiger partial charge is 0.497 e. The quantitative estimate of drug-likeness (QED) is 0.234. The second-order valence-electron chi connectivity index (χ2n) is 12.5. The number of amides is 2. The van der Waals surface area contributed by atoms with E-state index in [-0.39, 0.29) is 53.6 Å². The molecule has 50 heavy (non-hydrogen) atoms. The summed E-state index contributed by atoms with van der Waals surface area (Å²) < 4.78 is 46.2. The van der Waals surface area contributed by atoms with Crippen LogP contribution in [0.1, 0.15) is 39.5 Å². The SMILES string of the molecule is COc1ccc(CN2Cc3nc(-c4c(F)cccc4F)nc(Nc4ccc(C5CCN(CCN6CCOCC6)C5=O)cc4)c3C2=O)c(OC)c1. The summed E-state index contributed by atoms with van der Waals surface area (Å²) in [6, 6.07) is 16.3. The number of nitrogens with zero attached hydrogens (tertiary/aromatic N) is 5. The fraction of sp³-hybridized carbons (Fsp3) is 0.351. The number of aromatic nitrogens is 2. The van der Waals surface area contributed by atoms with E-state index in [0.29, 0.717) is 36.0 Å². The van der Waals surface area contributed by atoms with Gasteiger partial charge in [0, 0.05) is 50.0 Å². The van der Waals surface area contributed by atoms with E-state index in [9.17, 15) is 18.4 Å². The Hall–Kier alpha value is -5.14. The molecule has 7 rings (SSSR count). The number of rotatable bonds is 11. The van der Waals surface area contributed by atoms with Crippen molar-refractivity contribution in [3.63, 3.8) is 0 Å². The Bertz CT molecular complexity index is 1880. The molecule has 0 aliphatic carbocycles. The normalized spacial score (nSPS) is 17.7. The van der Waals surface area contributed by atoms with Crippen molar-refractivity contribution in [3.8, 4) is 22.9 Å². The fourth-order valence-electron chi connectivity index (χ4n) is 6.78. The van der Waals surface area contributed by atoms with Gasteiger partial charge >= 0.3 is 0 Å². The number of fused-ring (bicyclic) bond motifs is 1. The highest BCUT2D eigenvalue weighted by Gasteiger charge is 2.35. The zero-order chi connectivity index (χ0) is 34.8. The molecule has 260 valence electrons. The molecule has 1 aromatic heterocycles. The summed E-state index contributed by atoms with van der Waals surface area (Å²) in [5.74, 6) is -0.987. The van der Waals surface area contributed by atoms with Crippen molar-refractivity contribution in [3.05, 3.63) is 94.7 Å². The van der Waals surface area contributed by atoms with Crippen LogP contribution in [0.5, 0.6) is 11.5 Å². The summed E-state index contributed by atoms with van der Waals surface area (Å²) in [6.45, 7) is 5.72. The maximum atomic E-state index is 14.9. The van der Waals surface area contributed by atoms with Crippen molar-refractivity contribution >= 4 is 23.3 Å². The molecule has 0 bridgehead atoms. The third kappa shape index (κ3) is 6.70. The van der Waals surface area contributed by atoms with Crippen LogP contribution in [0, 0.1) is 11.6 Å². The lowest BCUT2D eigenvalue weighted by Crippen LogP contribution is -2.42. The third-order valence-electron chi connectivity index (χ3n) is 9.53. The first-order chi connectivity index (χ1) is 24.3. The first kappa shape index (κ1) is 33.4. The smallest absolute Gasteiger partial charge is 0.260 e. The maximum Gasteiger partial charge on any atom is 0.260 e. The lowest BCUT2D eigenvalue weighted by Gasteiger charge is -2.28. The molecule has 2 amide bonds. The molecule has 2 saturated heterocycles. The summed E-state index contributed by atoms with van der Waals surface area (Å²) in [5.41, 5.74) is 2.40. The van der Waals surface area contributed by atoms with Crippen LogP contribution in [0.25, 0.3) is 11.4 Å². The molecule has 0 spiro atoms. The number of hydrogen-bond acceptors (Lipinski definition) is 9. The number of morpholine rings is 1. The van der Waals surface area contributed by atoms with Crippen molar-refractivity contribution in [2.24, 2.45) is 0 Å². The highest BCUT2D eigenvalue weighted by atomic mass is 19.1. The zero-order valence-corrected chi connectivity index (χ0v) is 28.0. The summed E-state index contributed by atoms with van der Waals surface area (Å²) >= 11 is 0. The summed E-state index contributed by atoms with van der Waals surface area (Å²) in [4.78, 5) is 42.0. The minimum atomic E-state index is -0.815. The minimum Gasteiger partial charge on any atom is -0.497 e. The van der Waals surface area contributed by atoms with Gasteiger partial charge < -0.3 is 29.3 Å². The number of nitrogens with one attached hydrogen (secondary N) is 1. The van der Waals surface area contributed by atoms with E-state index in [4.69, 9.17) is 14.2 Å². The van der Waals surface area contributed by atoms with Gasteiger partial charge in [0.05, 0.1) is 57.7 Å². The standard InChI is InChI=1S/C37H38F2N6O5/c1-48-26-11-8-24(31(20-26)49-2)21-45-22-30-33(37(45)47)35(42-34(41-30)32-28(38)4-3-5-29(32)39)40-25-9-6-23(7-10-25)27-12-13-44(36(27)46)15-14-43-16-18-50-19-17-43/h3-11,20,27H,12-19,21-22H2,1-2H3,(H,40,41,42). The Balaban J connectivity index is 1.13. The summed E-state index contributed by atoms with van der Waals surface area (Å²) in [5, 5.41) is 3.20. The number of ether oxygens (including phenoxy) is 3. The van der Waals surface area contributed by atoms with Gasteiger partial charge in [-0.05, 0) is 48.4 Å². The summed E-state index contributed by atoms with van der Waals surface area (Å²) in [7, 11) is 3.10. The van der Waals surface area contributed by atoms with Crippen LogP contribution in [0.15, 0.2) is 60.7 Å². The van der Waals surface area contributed by atoms with E-state index in [0.717, 1.165) is 62.5 Å². The minimum absolute atomic E-state index is 0.0917. The third-order valence-corrected chi connectivity index (χ3v) is 9.53. The number of methoxy groups -OCH3 is 2. The van der Waals surface area contributed by atoms with Gasteiger partial charge in [0.1, 0.15) is 34.5 Å². The molecule has 1 atom stereocenters. The van der Waals surface area contributed by atoms with Crippen molar-refractivity contribution in [1.29, 1.82) is 0 Å². The second kappa shape index (κ2) is 14.4. The molecule has 0 saturated carbocycles. The van der Waals surface area contributed by atoms with Crippen LogP contribution in [0.2, 0.25) is 0 Å². The number of carbonyl (C=O) groups excluding carboxylic acids is 2.